The number of hydrogen-bond acceptors (Lipinski definition) is 3. The van der Waals surface area contributed by atoms with Gasteiger partial charge < -0.3 is 4.74 Å². The lowest BCUT2D eigenvalue weighted by Crippen LogP contribution is -2.37. The second kappa shape index (κ2) is 8.74. The van der Waals surface area contributed by atoms with E-state index in [2.05, 4.69) is 4.98 Å². The summed E-state index contributed by atoms with van der Waals surface area (Å²) in [6, 6.07) is 16.4. The van der Waals surface area contributed by atoms with Crippen LogP contribution in [0.2, 0.25) is 5.02 Å². The number of Topliss-reactive ketones (excluding diaryl/α,β-unsaturated/α-hetero) is 1. The second-order valence-corrected chi connectivity index (χ2v) is 5.72. The molecule has 3 aromatic rings. The van der Waals surface area contributed by atoms with Crippen molar-refractivity contribution in [3.8, 4) is 17.0 Å². The lowest BCUT2D eigenvalue weighted by Gasteiger charge is -2.03. The summed E-state index contributed by atoms with van der Waals surface area (Å²) in [4.78, 5) is 16.7. The summed E-state index contributed by atoms with van der Waals surface area (Å²) < 4.78 is 6.85. The zero-order chi connectivity index (χ0) is 16.9. The summed E-state index contributed by atoms with van der Waals surface area (Å²) in [6.07, 6.45) is 3.49. The molecule has 0 spiro atoms. The molecule has 0 aliphatic rings. The number of ether oxygens (including phenoxy) is 1. The molecule has 2 aromatic carbocycles. The number of methoxy groups -OCH3 is 1. The molecule has 1 heterocycles. The Hall–Kier alpha value is -2.24. The molecule has 1 aromatic heterocycles. The van der Waals surface area contributed by atoms with E-state index in [4.69, 9.17) is 16.3 Å². The fourth-order valence-corrected chi connectivity index (χ4v) is 2.52. The molecule has 0 atom stereocenters. The van der Waals surface area contributed by atoms with Gasteiger partial charge in [0.15, 0.2) is 12.2 Å². The van der Waals surface area contributed by atoms with Gasteiger partial charge in [0.1, 0.15) is 5.75 Å². The molecule has 0 N–H and O–H groups in total. The summed E-state index contributed by atoms with van der Waals surface area (Å²) in [5, 5.41) is 0.667. The number of aromatic nitrogens is 2. The Kier molecular flexibility index (Phi) is 6.67. The van der Waals surface area contributed by atoms with Crippen molar-refractivity contribution in [3.05, 3.63) is 77.7 Å². The van der Waals surface area contributed by atoms with Crippen LogP contribution in [-0.2, 0) is 6.54 Å². The normalized spacial score (nSPS) is 10.0. The highest BCUT2D eigenvalue weighted by atomic mass is 79.9. The average molecular weight is 421 g/mol. The largest absolute Gasteiger partial charge is 0.497 e. The van der Waals surface area contributed by atoms with E-state index in [1.807, 2.05) is 36.5 Å². The Morgan fingerprint density at radius 1 is 1.16 bits per heavy atom. The molecule has 0 aliphatic heterocycles. The van der Waals surface area contributed by atoms with E-state index in [-0.39, 0.29) is 29.3 Å². The van der Waals surface area contributed by atoms with E-state index >= 15 is 0 Å². The van der Waals surface area contributed by atoms with Crippen LogP contribution in [0.25, 0.3) is 11.3 Å². The van der Waals surface area contributed by atoms with Gasteiger partial charge >= 0.3 is 0 Å². The molecule has 25 heavy (non-hydrogen) atoms. The van der Waals surface area contributed by atoms with Gasteiger partial charge in [-0.05, 0) is 41.4 Å². The summed E-state index contributed by atoms with van der Waals surface area (Å²) in [6.45, 7) is 0.231. The molecule has 128 valence electrons. The van der Waals surface area contributed by atoms with Gasteiger partial charge in [-0.3, -0.25) is 4.79 Å². The van der Waals surface area contributed by atoms with Crippen molar-refractivity contribution in [2.45, 2.75) is 6.54 Å². The van der Waals surface area contributed by atoms with Gasteiger partial charge in [-0.15, -0.1) is 17.0 Å². The monoisotopic (exact) mass is 419 g/mol. The summed E-state index contributed by atoms with van der Waals surface area (Å²) in [5.74, 6) is 0.742. The Bertz CT molecular complexity index is 852. The maximum Gasteiger partial charge on any atom is 0.287 e. The standard InChI is InChI=1S/C19H16ClN2O2.BrH/c1-24-17-7-5-14(6-8-17)19(23)12-22-10-9-18(21-13-22)15-3-2-4-16(20)11-15;/h2-11,13H,12H2,1H3;1H/q+1;. The molecule has 0 saturated carbocycles. The minimum absolute atomic E-state index is 0. The molecule has 0 aliphatic carbocycles. The van der Waals surface area contributed by atoms with E-state index in [0.717, 1.165) is 17.0 Å². The molecule has 0 unspecified atom stereocenters. The molecule has 0 fully saturated rings. The molecule has 0 amide bonds. The molecular weight excluding hydrogens is 404 g/mol. The third-order valence-electron chi connectivity index (χ3n) is 3.63. The number of carbonyl (C=O) groups excluding carboxylic acids is 1. The Morgan fingerprint density at radius 2 is 1.92 bits per heavy atom. The van der Waals surface area contributed by atoms with Crippen LogP contribution in [0, 0.1) is 0 Å². The number of hydrogen-bond donors (Lipinski definition) is 0. The van der Waals surface area contributed by atoms with E-state index < -0.39 is 0 Å². The summed E-state index contributed by atoms with van der Waals surface area (Å²) >= 11 is 6.00. The van der Waals surface area contributed by atoms with Crippen LogP contribution in [0.3, 0.4) is 0 Å². The van der Waals surface area contributed by atoms with Crippen molar-refractivity contribution < 1.29 is 14.1 Å². The van der Waals surface area contributed by atoms with Crippen LogP contribution in [0.15, 0.2) is 67.1 Å². The number of ketones is 1. The van der Waals surface area contributed by atoms with Gasteiger partial charge in [-0.2, -0.15) is 0 Å². The highest BCUT2D eigenvalue weighted by molar-refractivity contribution is 8.93. The van der Waals surface area contributed by atoms with Crippen LogP contribution in [-0.4, -0.2) is 17.9 Å². The molecule has 0 bridgehead atoms. The first-order valence-electron chi connectivity index (χ1n) is 7.44. The SMILES string of the molecule is Br.COc1ccc(C(=O)C[n+]2ccc(-c3cccc(Cl)c3)nc2)cc1. The van der Waals surface area contributed by atoms with Gasteiger partial charge in [-0.25, -0.2) is 4.57 Å². The van der Waals surface area contributed by atoms with E-state index in [9.17, 15) is 4.79 Å². The average Bonchev–Trinajstić information content (AvgIpc) is 2.62. The molecule has 6 heteroatoms. The Labute approximate surface area is 161 Å². The fraction of sp³-hybridized carbons (Fsp3) is 0.105. The number of benzene rings is 2. The van der Waals surface area contributed by atoms with Crippen LogP contribution in [0.1, 0.15) is 10.4 Å². The minimum Gasteiger partial charge on any atom is -0.497 e. The van der Waals surface area contributed by atoms with Crippen molar-refractivity contribution in [2.24, 2.45) is 0 Å². The van der Waals surface area contributed by atoms with Gasteiger partial charge in [0.25, 0.3) is 6.33 Å². The van der Waals surface area contributed by atoms with E-state index in [1.54, 1.807) is 42.3 Å². The van der Waals surface area contributed by atoms with Crippen molar-refractivity contribution in [1.29, 1.82) is 0 Å². The predicted molar refractivity (Wildman–Crippen MR) is 103 cm³/mol. The summed E-state index contributed by atoms with van der Waals surface area (Å²) in [5.41, 5.74) is 2.39. The Balaban J connectivity index is 0.00000225. The molecule has 3 rings (SSSR count). The minimum atomic E-state index is 0. The van der Waals surface area contributed by atoms with Gasteiger partial charge in [0, 0.05) is 22.2 Å². The lowest BCUT2D eigenvalue weighted by atomic mass is 10.1. The predicted octanol–water partition coefficient (Wildman–Crippen LogP) is 4.16. The highest BCUT2D eigenvalue weighted by Gasteiger charge is 2.12. The van der Waals surface area contributed by atoms with Gasteiger partial charge in [0.2, 0.25) is 5.78 Å². The fourth-order valence-electron chi connectivity index (χ4n) is 2.33. The third kappa shape index (κ3) is 4.87. The first-order valence-corrected chi connectivity index (χ1v) is 7.82. The van der Waals surface area contributed by atoms with Crippen molar-refractivity contribution in [2.75, 3.05) is 7.11 Å². The maximum atomic E-state index is 12.3. The number of halogens is 2. The van der Waals surface area contributed by atoms with E-state index in [1.165, 1.54) is 0 Å². The number of carbonyl (C=O) groups is 1. The summed E-state index contributed by atoms with van der Waals surface area (Å²) in [7, 11) is 1.60. The zero-order valence-electron chi connectivity index (χ0n) is 13.6. The third-order valence-corrected chi connectivity index (χ3v) is 3.86. The van der Waals surface area contributed by atoms with Crippen LogP contribution in [0.4, 0.5) is 0 Å². The van der Waals surface area contributed by atoms with Crippen molar-refractivity contribution in [3.63, 3.8) is 0 Å². The van der Waals surface area contributed by atoms with Crippen molar-refractivity contribution >= 4 is 34.4 Å². The molecule has 0 saturated heterocycles. The first-order chi connectivity index (χ1) is 11.7. The maximum absolute atomic E-state index is 12.3. The van der Waals surface area contributed by atoms with Gasteiger partial charge in [0.05, 0.1) is 13.3 Å². The quantitative estimate of drug-likeness (QED) is 0.460. The molecule has 0 radical (unpaired) electrons. The zero-order valence-corrected chi connectivity index (χ0v) is 16.0. The lowest BCUT2D eigenvalue weighted by molar-refractivity contribution is -0.686. The van der Waals surface area contributed by atoms with Crippen LogP contribution >= 0.6 is 28.6 Å². The van der Waals surface area contributed by atoms with Crippen molar-refractivity contribution in [1.82, 2.24) is 4.98 Å². The van der Waals surface area contributed by atoms with Crippen LogP contribution in [0.5, 0.6) is 5.75 Å². The number of nitrogens with zero attached hydrogens (tertiary/aromatic N) is 2. The molecular formula is C19H17BrClN2O2+. The van der Waals surface area contributed by atoms with E-state index in [0.29, 0.717) is 10.6 Å². The Morgan fingerprint density at radius 3 is 2.52 bits per heavy atom. The second-order valence-electron chi connectivity index (χ2n) is 5.28. The number of rotatable bonds is 5. The topological polar surface area (TPSA) is 43.1 Å². The highest BCUT2D eigenvalue weighted by Crippen LogP contribution is 2.19. The van der Waals surface area contributed by atoms with Crippen LogP contribution < -0.4 is 9.30 Å². The molecule has 4 nitrogen and oxygen atoms in total. The smallest absolute Gasteiger partial charge is 0.287 e. The van der Waals surface area contributed by atoms with Gasteiger partial charge in [-0.1, -0.05) is 23.7 Å². The first kappa shape index (κ1) is 19.1.